The highest BCUT2D eigenvalue weighted by atomic mass is 15.2. The van der Waals surface area contributed by atoms with Crippen molar-refractivity contribution in [3.05, 3.63) is 23.9 Å². The van der Waals surface area contributed by atoms with Crippen LogP contribution in [0.2, 0.25) is 0 Å². The second-order valence-corrected chi connectivity index (χ2v) is 6.28. The molecule has 3 atom stereocenters. The standard InChI is InChI=1S/C16H25N3/c1-12(17)14-6-8-18-16(10-14)19-9-7-13-4-2-3-5-15(13)11-19/h6,8,10,12-13,15H,2-5,7,9,11,17H2,1H3/t12-,13?,15?/m1/s1. The van der Waals surface area contributed by atoms with Crippen LogP contribution < -0.4 is 10.6 Å². The molecule has 104 valence electrons. The van der Waals surface area contributed by atoms with E-state index in [0.29, 0.717) is 0 Å². The van der Waals surface area contributed by atoms with E-state index in [2.05, 4.69) is 16.0 Å². The number of pyridine rings is 1. The van der Waals surface area contributed by atoms with Crippen molar-refractivity contribution in [2.45, 2.75) is 45.1 Å². The number of aromatic nitrogens is 1. The quantitative estimate of drug-likeness (QED) is 0.887. The molecule has 0 aromatic carbocycles. The Bertz CT molecular complexity index is 430. The molecule has 2 fully saturated rings. The Balaban J connectivity index is 1.74. The third kappa shape index (κ3) is 2.76. The van der Waals surface area contributed by atoms with Gasteiger partial charge in [-0.1, -0.05) is 19.3 Å². The normalized spacial score (nSPS) is 28.8. The van der Waals surface area contributed by atoms with Crippen LogP contribution in [0.5, 0.6) is 0 Å². The maximum Gasteiger partial charge on any atom is 0.128 e. The van der Waals surface area contributed by atoms with Gasteiger partial charge >= 0.3 is 0 Å². The smallest absolute Gasteiger partial charge is 0.128 e. The first-order chi connectivity index (χ1) is 9.24. The van der Waals surface area contributed by atoms with Crippen molar-refractivity contribution < 1.29 is 0 Å². The van der Waals surface area contributed by atoms with Gasteiger partial charge in [-0.15, -0.1) is 0 Å². The van der Waals surface area contributed by atoms with Crippen molar-refractivity contribution in [1.82, 2.24) is 4.98 Å². The third-order valence-corrected chi connectivity index (χ3v) is 4.91. The molecule has 3 nitrogen and oxygen atoms in total. The van der Waals surface area contributed by atoms with E-state index < -0.39 is 0 Å². The molecule has 3 heteroatoms. The topological polar surface area (TPSA) is 42.1 Å². The van der Waals surface area contributed by atoms with Crippen molar-refractivity contribution in [1.29, 1.82) is 0 Å². The molecule has 2 heterocycles. The lowest BCUT2D eigenvalue weighted by molar-refractivity contribution is 0.202. The van der Waals surface area contributed by atoms with Gasteiger partial charge in [0.1, 0.15) is 5.82 Å². The Kier molecular flexibility index (Phi) is 3.74. The zero-order valence-corrected chi connectivity index (χ0v) is 11.9. The Labute approximate surface area is 116 Å². The minimum absolute atomic E-state index is 0.0916. The fourth-order valence-electron chi connectivity index (χ4n) is 3.70. The molecule has 2 unspecified atom stereocenters. The molecule has 1 aromatic heterocycles. The van der Waals surface area contributed by atoms with E-state index in [0.717, 1.165) is 24.2 Å². The third-order valence-electron chi connectivity index (χ3n) is 4.91. The van der Waals surface area contributed by atoms with Crippen molar-refractivity contribution in [2.24, 2.45) is 17.6 Å². The van der Waals surface area contributed by atoms with Crippen LogP contribution in [-0.4, -0.2) is 18.1 Å². The van der Waals surface area contributed by atoms with Gasteiger partial charge < -0.3 is 10.6 Å². The molecule has 2 aliphatic rings. The van der Waals surface area contributed by atoms with E-state index in [1.165, 1.54) is 44.2 Å². The number of nitrogens with zero attached hydrogens (tertiary/aromatic N) is 2. The summed E-state index contributed by atoms with van der Waals surface area (Å²) in [6.45, 7) is 4.39. The number of hydrogen-bond donors (Lipinski definition) is 1. The minimum atomic E-state index is 0.0916. The molecule has 0 bridgehead atoms. The predicted molar refractivity (Wildman–Crippen MR) is 79.1 cm³/mol. The number of hydrogen-bond acceptors (Lipinski definition) is 3. The molecular formula is C16H25N3. The van der Waals surface area contributed by atoms with Gasteiger partial charge in [-0.05, 0) is 49.3 Å². The van der Waals surface area contributed by atoms with Crippen LogP contribution in [0.3, 0.4) is 0 Å². The summed E-state index contributed by atoms with van der Waals surface area (Å²) in [5, 5.41) is 0. The monoisotopic (exact) mass is 259 g/mol. The van der Waals surface area contributed by atoms with Gasteiger partial charge in [-0.2, -0.15) is 0 Å². The lowest BCUT2D eigenvalue weighted by Crippen LogP contribution is -2.42. The number of anilines is 1. The van der Waals surface area contributed by atoms with Crippen molar-refractivity contribution >= 4 is 5.82 Å². The van der Waals surface area contributed by atoms with Crippen molar-refractivity contribution in [3.8, 4) is 0 Å². The fourth-order valence-corrected chi connectivity index (χ4v) is 3.70. The molecule has 19 heavy (non-hydrogen) atoms. The van der Waals surface area contributed by atoms with Gasteiger partial charge in [0.2, 0.25) is 0 Å². The van der Waals surface area contributed by atoms with E-state index in [1.54, 1.807) is 0 Å². The van der Waals surface area contributed by atoms with Gasteiger partial charge in [-0.25, -0.2) is 4.98 Å². The maximum absolute atomic E-state index is 5.97. The van der Waals surface area contributed by atoms with Crippen LogP contribution in [0.4, 0.5) is 5.82 Å². The summed E-state index contributed by atoms with van der Waals surface area (Å²) in [5.74, 6) is 2.99. The summed E-state index contributed by atoms with van der Waals surface area (Å²) < 4.78 is 0. The zero-order valence-electron chi connectivity index (χ0n) is 11.9. The van der Waals surface area contributed by atoms with Gasteiger partial charge in [0, 0.05) is 25.3 Å². The molecule has 1 saturated heterocycles. The van der Waals surface area contributed by atoms with E-state index in [4.69, 9.17) is 5.73 Å². The van der Waals surface area contributed by atoms with Crippen LogP contribution in [0.25, 0.3) is 0 Å². The largest absolute Gasteiger partial charge is 0.356 e. The molecule has 0 radical (unpaired) electrons. The number of piperidine rings is 1. The first-order valence-electron chi connectivity index (χ1n) is 7.70. The molecule has 1 aliphatic carbocycles. The van der Waals surface area contributed by atoms with Crippen molar-refractivity contribution in [2.75, 3.05) is 18.0 Å². The predicted octanol–water partition coefficient (Wildman–Crippen LogP) is 3.12. The fraction of sp³-hybridized carbons (Fsp3) is 0.688. The molecule has 0 spiro atoms. The Morgan fingerprint density at radius 2 is 2.05 bits per heavy atom. The summed E-state index contributed by atoms with van der Waals surface area (Å²) in [6, 6.07) is 4.30. The van der Waals surface area contributed by atoms with E-state index >= 15 is 0 Å². The summed E-state index contributed by atoms with van der Waals surface area (Å²) in [5.41, 5.74) is 7.16. The van der Waals surface area contributed by atoms with E-state index in [9.17, 15) is 0 Å². The Hall–Kier alpha value is -1.09. The average molecular weight is 259 g/mol. The molecule has 1 saturated carbocycles. The molecule has 0 amide bonds. The number of nitrogens with two attached hydrogens (primary N) is 1. The van der Waals surface area contributed by atoms with E-state index in [-0.39, 0.29) is 6.04 Å². The highest BCUT2D eigenvalue weighted by Crippen LogP contribution is 2.37. The van der Waals surface area contributed by atoms with Crippen LogP contribution in [0, 0.1) is 11.8 Å². The maximum atomic E-state index is 5.97. The van der Waals surface area contributed by atoms with Gasteiger partial charge in [0.25, 0.3) is 0 Å². The van der Waals surface area contributed by atoms with Crippen LogP contribution >= 0.6 is 0 Å². The Morgan fingerprint density at radius 1 is 1.26 bits per heavy atom. The van der Waals surface area contributed by atoms with Crippen LogP contribution in [0.15, 0.2) is 18.3 Å². The summed E-state index contributed by atoms with van der Waals surface area (Å²) in [4.78, 5) is 7.02. The molecule has 2 N–H and O–H groups in total. The second kappa shape index (κ2) is 5.49. The average Bonchev–Trinajstić information content (AvgIpc) is 2.47. The highest BCUT2D eigenvalue weighted by Gasteiger charge is 2.31. The first kappa shape index (κ1) is 12.9. The summed E-state index contributed by atoms with van der Waals surface area (Å²) in [7, 11) is 0. The highest BCUT2D eigenvalue weighted by molar-refractivity contribution is 5.42. The first-order valence-corrected chi connectivity index (χ1v) is 7.70. The SMILES string of the molecule is C[C@@H](N)c1ccnc(N2CCC3CCCCC3C2)c1. The molecule has 1 aromatic rings. The minimum Gasteiger partial charge on any atom is -0.356 e. The van der Waals surface area contributed by atoms with E-state index in [1.807, 2.05) is 19.2 Å². The van der Waals surface area contributed by atoms with Crippen LogP contribution in [0.1, 0.15) is 50.6 Å². The van der Waals surface area contributed by atoms with Gasteiger partial charge in [-0.3, -0.25) is 0 Å². The van der Waals surface area contributed by atoms with Gasteiger partial charge in [0.05, 0.1) is 0 Å². The lowest BCUT2D eigenvalue weighted by Gasteiger charge is -2.41. The summed E-state index contributed by atoms with van der Waals surface area (Å²) >= 11 is 0. The van der Waals surface area contributed by atoms with Crippen molar-refractivity contribution in [3.63, 3.8) is 0 Å². The second-order valence-electron chi connectivity index (χ2n) is 6.28. The molecular weight excluding hydrogens is 234 g/mol. The summed E-state index contributed by atoms with van der Waals surface area (Å²) in [6.07, 6.45) is 8.97. The lowest BCUT2D eigenvalue weighted by atomic mass is 9.75. The number of fused-ring (bicyclic) bond motifs is 1. The zero-order chi connectivity index (χ0) is 13.2. The van der Waals surface area contributed by atoms with Gasteiger partial charge in [0.15, 0.2) is 0 Å². The molecule has 1 aliphatic heterocycles. The van der Waals surface area contributed by atoms with Crippen LogP contribution in [-0.2, 0) is 0 Å². The Morgan fingerprint density at radius 3 is 2.84 bits per heavy atom. The number of rotatable bonds is 2. The molecule has 3 rings (SSSR count).